The van der Waals surface area contributed by atoms with Gasteiger partial charge in [0.15, 0.2) is 5.78 Å². The molecule has 41 heavy (non-hydrogen) atoms. The summed E-state index contributed by atoms with van der Waals surface area (Å²) in [6.07, 6.45) is 12.7. The van der Waals surface area contributed by atoms with Crippen molar-refractivity contribution in [1.29, 1.82) is 0 Å². The van der Waals surface area contributed by atoms with Crippen LogP contribution in [0.3, 0.4) is 0 Å². The average Bonchev–Trinajstić information content (AvgIpc) is 2.95. The van der Waals surface area contributed by atoms with Gasteiger partial charge in [0.1, 0.15) is 11.3 Å². The largest absolute Gasteiger partial charge is 0.426 e. The molecule has 2 aromatic rings. The van der Waals surface area contributed by atoms with Gasteiger partial charge in [-0.15, -0.1) is 0 Å². The number of rotatable bonds is 12. The number of ether oxygens (including phenoxy) is 1. The van der Waals surface area contributed by atoms with Crippen molar-refractivity contribution in [3.05, 3.63) is 65.2 Å². The molecule has 0 unspecified atom stereocenters. The quantitative estimate of drug-likeness (QED) is 0.0656. The summed E-state index contributed by atoms with van der Waals surface area (Å²) >= 11 is 0. The highest BCUT2D eigenvalue weighted by Crippen LogP contribution is 2.61. The third kappa shape index (κ3) is 7.24. The molecule has 0 heterocycles. The first-order valence-corrected chi connectivity index (χ1v) is 15.2. The van der Waals surface area contributed by atoms with E-state index in [1.54, 1.807) is 24.3 Å². The summed E-state index contributed by atoms with van der Waals surface area (Å²) in [7, 11) is 0. The van der Waals surface area contributed by atoms with E-state index in [4.69, 9.17) is 14.5 Å². The Morgan fingerprint density at radius 1 is 0.756 bits per heavy atom. The number of hydrogen-bond acceptors (Lipinski definition) is 7. The third-order valence-electron chi connectivity index (χ3n) is 9.14. The van der Waals surface area contributed by atoms with Crippen LogP contribution in [0.25, 0.3) is 0 Å². The van der Waals surface area contributed by atoms with E-state index in [1.807, 2.05) is 0 Å². The molecular formula is C34H40O7. The first kappa shape index (κ1) is 29.0. The van der Waals surface area contributed by atoms with Crippen molar-refractivity contribution >= 4 is 23.7 Å². The molecule has 4 aliphatic rings. The Morgan fingerprint density at radius 2 is 1.39 bits per heavy atom. The van der Waals surface area contributed by atoms with Crippen LogP contribution in [-0.4, -0.2) is 23.7 Å². The number of esters is 1. The van der Waals surface area contributed by atoms with Crippen molar-refractivity contribution in [3.8, 4) is 5.75 Å². The number of ketones is 1. The summed E-state index contributed by atoms with van der Waals surface area (Å²) < 4.78 is 5.77. The van der Waals surface area contributed by atoms with Crippen LogP contribution >= 0.6 is 0 Å². The summed E-state index contributed by atoms with van der Waals surface area (Å²) in [5.74, 6) is -0.243. The van der Waals surface area contributed by atoms with E-state index in [0.29, 0.717) is 36.2 Å². The average molecular weight is 561 g/mol. The smallest absolute Gasteiger partial charge is 0.390 e. The van der Waals surface area contributed by atoms with Crippen LogP contribution in [0.1, 0.15) is 121 Å². The zero-order valence-corrected chi connectivity index (χ0v) is 23.9. The van der Waals surface area contributed by atoms with Crippen LogP contribution in [-0.2, 0) is 14.6 Å². The molecule has 0 spiro atoms. The lowest BCUT2D eigenvalue weighted by Gasteiger charge is -2.56. The number of Topliss-reactive ketones (excluding diaryl/α,β-unsaturated/α-hetero) is 1. The molecule has 0 N–H and O–H groups in total. The maximum atomic E-state index is 13.2. The standard InChI is InChI=1S/C34H40O7/c1-2-3-4-5-9-12-29(35)27-13-14-30(28(18-27)33(38)41-40-32(37)26-10-7-6-8-11-26)39-31(36)22-34-19-23-15-24(20-34)17-25(16-23)21-34/h6-8,10-11,13-14,18,23-25H,2-5,9,12,15-17,19-22H2,1H3. The molecule has 4 saturated carbocycles. The van der Waals surface area contributed by atoms with Gasteiger partial charge in [-0.05, 0) is 98.4 Å². The highest BCUT2D eigenvalue weighted by molar-refractivity contribution is 6.01. The fourth-order valence-electron chi connectivity index (χ4n) is 7.70. The Bertz CT molecular complexity index is 1230. The molecule has 0 saturated heterocycles. The summed E-state index contributed by atoms with van der Waals surface area (Å²) in [6.45, 7) is 2.14. The molecule has 0 atom stereocenters. The van der Waals surface area contributed by atoms with Crippen LogP contribution in [0.15, 0.2) is 48.5 Å². The van der Waals surface area contributed by atoms with E-state index in [0.717, 1.165) is 51.4 Å². The third-order valence-corrected chi connectivity index (χ3v) is 9.14. The molecule has 7 nitrogen and oxygen atoms in total. The molecule has 6 rings (SSSR count). The van der Waals surface area contributed by atoms with E-state index in [9.17, 15) is 19.2 Å². The minimum Gasteiger partial charge on any atom is -0.426 e. The van der Waals surface area contributed by atoms with Crippen LogP contribution in [0, 0.1) is 23.2 Å². The van der Waals surface area contributed by atoms with E-state index in [-0.39, 0.29) is 28.1 Å². The van der Waals surface area contributed by atoms with Gasteiger partial charge < -0.3 is 4.74 Å². The van der Waals surface area contributed by atoms with Crippen molar-refractivity contribution in [2.75, 3.05) is 0 Å². The molecule has 0 aliphatic heterocycles. The number of carbonyl (C=O) groups is 4. The van der Waals surface area contributed by atoms with Gasteiger partial charge in [0.2, 0.25) is 0 Å². The number of benzene rings is 2. The Hall–Kier alpha value is -3.48. The van der Waals surface area contributed by atoms with Crippen molar-refractivity contribution in [2.45, 2.75) is 90.4 Å². The van der Waals surface area contributed by atoms with Crippen LogP contribution < -0.4 is 4.74 Å². The summed E-state index contributed by atoms with van der Waals surface area (Å²) in [5, 5.41) is 0. The molecule has 4 bridgehead atoms. The number of carbonyl (C=O) groups excluding carboxylic acids is 4. The van der Waals surface area contributed by atoms with Gasteiger partial charge in [-0.25, -0.2) is 19.4 Å². The summed E-state index contributed by atoms with van der Waals surface area (Å²) in [6, 6.07) is 12.6. The molecule has 2 aromatic carbocycles. The van der Waals surface area contributed by atoms with Gasteiger partial charge in [0, 0.05) is 12.0 Å². The van der Waals surface area contributed by atoms with Crippen LogP contribution in [0.2, 0.25) is 0 Å². The predicted octanol–water partition coefficient (Wildman–Crippen LogP) is 7.67. The van der Waals surface area contributed by atoms with Crippen molar-refractivity contribution in [2.24, 2.45) is 23.2 Å². The monoisotopic (exact) mass is 560 g/mol. The van der Waals surface area contributed by atoms with Gasteiger partial charge in [0.05, 0.1) is 12.0 Å². The second kappa shape index (κ2) is 13.0. The lowest BCUT2D eigenvalue weighted by molar-refractivity contribution is -0.187. The fourth-order valence-corrected chi connectivity index (χ4v) is 7.70. The second-order valence-electron chi connectivity index (χ2n) is 12.5. The number of hydrogen-bond donors (Lipinski definition) is 0. The topological polar surface area (TPSA) is 96.0 Å². The van der Waals surface area contributed by atoms with Crippen molar-refractivity contribution < 1.29 is 33.7 Å². The van der Waals surface area contributed by atoms with E-state index in [2.05, 4.69) is 6.92 Å². The SMILES string of the molecule is CCCCCCCC(=O)c1ccc(OC(=O)CC23CC4CC(CC(C4)C2)C3)c(C(=O)OOC(=O)c2ccccc2)c1. The lowest BCUT2D eigenvalue weighted by Crippen LogP contribution is -2.47. The minimum absolute atomic E-state index is 0.0000146. The normalized spacial score (nSPS) is 24.1. The zero-order chi connectivity index (χ0) is 28.8. The molecule has 7 heteroatoms. The first-order valence-electron chi connectivity index (χ1n) is 15.2. The van der Waals surface area contributed by atoms with E-state index in [1.165, 1.54) is 43.5 Å². The molecule has 218 valence electrons. The molecule has 4 aliphatic carbocycles. The van der Waals surface area contributed by atoms with Crippen LogP contribution in [0.4, 0.5) is 0 Å². The zero-order valence-electron chi connectivity index (χ0n) is 23.9. The van der Waals surface area contributed by atoms with Gasteiger partial charge >= 0.3 is 17.9 Å². The number of unbranched alkanes of at least 4 members (excludes halogenated alkanes) is 4. The highest BCUT2D eigenvalue weighted by atomic mass is 17.2. The maximum Gasteiger partial charge on any atom is 0.390 e. The highest BCUT2D eigenvalue weighted by Gasteiger charge is 2.51. The van der Waals surface area contributed by atoms with Gasteiger partial charge in [0.25, 0.3) is 0 Å². The first-order chi connectivity index (χ1) is 19.8. The van der Waals surface area contributed by atoms with Gasteiger partial charge in [-0.1, -0.05) is 50.8 Å². The summed E-state index contributed by atoms with van der Waals surface area (Å²) in [4.78, 5) is 61.2. The Balaban J connectivity index is 1.28. The Morgan fingerprint density at radius 3 is 2.05 bits per heavy atom. The lowest BCUT2D eigenvalue weighted by atomic mass is 9.49. The van der Waals surface area contributed by atoms with Crippen molar-refractivity contribution in [1.82, 2.24) is 0 Å². The van der Waals surface area contributed by atoms with E-state index >= 15 is 0 Å². The minimum atomic E-state index is -1.01. The summed E-state index contributed by atoms with van der Waals surface area (Å²) in [5.41, 5.74) is 0.393. The van der Waals surface area contributed by atoms with Crippen molar-refractivity contribution in [3.63, 3.8) is 0 Å². The van der Waals surface area contributed by atoms with Gasteiger partial charge in [-0.3, -0.25) is 9.59 Å². The maximum absolute atomic E-state index is 13.2. The molecule has 4 fully saturated rings. The Labute approximate surface area is 241 Å². The molecule has 0 amide bonds. The molecule has 0 radical (unpaired) electrons. The second-order valence-corrected chi connectivity index (χ2v) is 12.5. The fraction of sp³-hybridized carbons (Fsp3) is 0.529. The molecular weight excluding hydrogens is 520 g/mol. The predicted molar refractivity (Wildman–Crippen MR) is 152 cm³/mol. The Kier molecular flexibility index (Phi) is 9.21. The van der Waals surface area contributed by atoms with Crippen LogP contribution in [0.5, 0.6) is 5.75 Å². The van der Waals surface area contributed by atoms with E-state index < -0.39 is 17.9 Å². The molecule has 0 aromatic heterocycles. The van der Waals surface area contributed by atoms with Gasteiger partial charge in [-0.2, -0.15) is 0 Å².